The van der Waals surface area contributed by atoms with Gasteiger partial charge in [-0.1, -0.05) is 5.21 Å². The third-order valence-electron chi connectivity index (χ3n) is 2.13. The molecule has 64 valence electrons. The van der Waals surface area contributed by atoms with E-state index in [9.17, 15) is 0 Å². The van der Waals surface area contributed by atoms with Gasteiger partial charge in [-0.25, -0.2) is 4.68 Å². The Bertz CT molecular complexity index is 313. The molecule has 2 rings (SSSR count). The lowest BCUT2D eigenvalue weighted by molar-refractivity contribution is 0.749. The summed E-state index contributed by atoms with van der Waals surface area (Å²) >= 11 is 0. The second-order valence-electron chi connectivity index (χ2n) is 3.15. The average Bonchev–Trinajstić information content (AvgIpc) is 2.58. The molecule has 1 aromatic heterocycles. The van der Waals surface area contributed by atoms with E-state index >= 15 is 0 Å². The monoisotopic (exact) mass is 164 g/mol. The highest BCUT2D eigenvalue weighted by Crippen LogP contribution is 2.21. The molecule has 0 radical (unpaired) electrons. The van der Waals surface area contributed by atoms with Crippen LogP contribution in [0.25, 0.3) is 5.70 Å². The highest BCUT2D eigenvalue weighted by Gasteiger charge is 2.14. The minimum absolute atomic E-state index is 0.198. The van der Waals surface area contributed by atoms with Gasteiger partial charge in [0.25, 0.3) is 0 Å². The lowest BCUT2D eigenvalue weighted by Crippen LogP contribution is -2.11. The van der Waals surface area contributed by atoms with Crippen LogP contribution in [0.2, 0.25) is 0 Å². The van der Waals surface area contributed by atoms with Crippen molar-refractivity contribution < 1.29 is 0 Å². The van der Waals surface area contributed by atoms with Gasteiger partial charge in [-0.3, -0.25) is 0 Å². The van der Waals surface area contributed by atoms with Crippen molar-refractivity contribution in [3.63, 3.8) is 0 Å². The number of nitrogens with zero attached hydrogens (tertiary/aromatic N) is 3. The first-order valence-corrected chi connectivity index (χ1v) is 4.11. The predicted molar refractivity (Wildman–Crippen MR) is 46.2 cm³/mol. The largest absolute Gasteiger partial charge is 0.324 e. The van der Waals surface area contributed by atoms with Gasteiger partial charge in [-0.05, 0) is 25.8 Å². The summed E-state index contributed by atoms with van der Waals surface area (Å²) in [6.45, 7) is 1.99. The second kappa shape index (κ2) is 2.71. The summed E-state index contributed by atoms with van der Waals surface area (Å²) in [5.41, 5.74) is 7.99. The molecule has 12 heavy (non-hydrogen) atoms. The van der Waals surface area contributed by atoms with Crippen LogP contribution >= 0.6 is 0 Å². The van der Waals surface area contributed by atoms with Crippen LogP contribution in [0, 0.1) is 6.92 Å². The van der Waals surface area contributed by atoms with Crippen LogP contribution in [0.15, 0.2) is 12.3 Å². The summed E-state index contributed by atoms with van der Waals surface area (Å²) in [6, 6.07) is 0.198. The van der Waals surface area contributed by atoms with Gasteiger partial charge in [0.05, 0.1) is 11.9 Å². The summed E-state index contributed by atoms with van der Waals surface area (Å²) in [5, 5.41) is 7.80. The lowest BCUT2D eigenvalue weighted by Gasteiger charge is -2.01. The van der Waals surface area contributed by atoms with Gasteiger partial charge in [-0.2, -0.15) is 0 Å². The summed E-state index contributed by atoms with van der Waals surface area (Å²) in [4.78, 5) is 0. The molecule has 1 aromatic rings. The SMILES string of the molecule is Cc1cnnn1C1=CC(N)CC1. The molecule has 2 N–H and O–H groups in total. The van der Waals surface area contributed by atoms with Gasteiger partial charge >= 0.3 is 0 Å². The van der Waals surface area contributed by atoms with Crippen LogP contribution in [0.5, 0.6) is 0 Å². The zero-order valence-electron chi connectivity index (χ0n) is 7.07. The van der Waals surface area contributed by atoms with E-state index in [1.165, 1.54) is 5.70 Å². The van der Waals surface area contributed by atoms with E-state index < -0.39 is 0 Å². The molecular weight excluding hydrogens is 152 g/mol. The van der Waals surface area contributed by atoms with Crippen molar-refractivity contribution in [1.82, 2.24) is 15.0 Å². The molecule has 0 spiro atoms. The van der Waals surface area contributed by atoms with Gasteiger partial charge in [0.2, 0.25) is 0 Å². The number of aromatic nitrogens is 3. The maximum Gasteiger partial charge on any atom is 0.0726 e. The fourth-order valence-corrected chi connectivity index (χ4v) is 1.48. The van der Waals surface area contributed by atoms with Crippen LogP contribution < -0.4 is 5.73 Å². The van der Waals surface area contributed by atoms with Crippen LogP contribution in [-0.4, -0.2) is 21.0 Å². The zero-order valence-corrected chi connectivity index (χ0v) is 7.07. The number of hydrogen-bond acceptors (Lipinski definition) is 3. The summed E-state index contributed by atoms with van der Waals surface area (Å²) in [7, 11) is 0. The van der Waals surface area contributed by atoms with E-state index in [2.05, 4.69) is 16.4 Å². The molecule has 0 amide bonds. The molecule has 1 heterocycles. The van der Waals surface area contributed by atoms with Gasteiger partial charge in [0, 0.05) is 11.7 Å². The van der Waals surface area contributed by atoms with E-state index in [0.717, 1.165) is 18.5 Å². The highest BCUT2D eigenvalue weighted by molar-refractivity contribution is 5.49. The minimum atomic E-state index is 0.198. The van der Waals surface area contributed by atoms with Gasteiger partial charge in [0.15, 0.2) is 0 Å². The summed E-state index contributed by atoms with van der Waals surface area (Å²) in [5.74, 6) is 0. The van der Waals surface area contributed by atoms with E-state index in [1.54, 1.807) is 6.20 Å². The normalized spacial score (nSPS) is 22.8. The van der Waals surface area contributed by atoms with Crippen molar-refractivity contribution in [2.24, 2.45) is 5.73 Å². The summed E-state index contributed by atoms with van der Waals surface area (Å²) in [6.07, 6.45) is 5.84. The lowest BCUT2D eigenvalue weighted by atomic mass is 10.3. The molecule has 0 saturated carbocycles. The minimum Gasteiger partial charge on any atom is -0.324 e. The Morgan fingerprint density at radius 3 is 3.00 bits per heavy atom. The van der Waals surface area contributed by atoms with Crippen molar-refractivity contribution >= 4 is 5.70 Å². The third-order valence-corrected chi connectivity index (χ3v) is 2.13. The van der Waals surface area contributed by atoms with Gasteiger partial charge < -0.3 is 5.73 Å². The highest BCUT2D eigenvalue weighted by atomic mass is 15.4. The maximum absolute atomic E-state index is 5.74. The maximum atomic E-state index is 5.74. The molecule has 4 heteroatoms. The predicted octanol–water partition coefficient (Wildman–Crippen LogP) is 0.549. The number of rotatable bonds is 1. The molecule has 1 aliphatic rings. The van der Waals surface area contributed by atoms with Crippen molar-refractivity contribution in [3.8, 4) is 0 Å². The molecule has 1 unspecified atom stereocenters. The van der Waals surface area contributed by atoms with Crippen molar-refractivity contribution in [1.29, 1.82) is 0 Å². The molecule has 0 bridgehead atoms. The average molecular weight is 164 g/mol. The van der Waals surface area contributed by atoms with Crippen LogP contribution in [0.4, 0.5) is 0 Å². The first kappa shape index (κ1) is 7.49. The van der Waals surface area contributed by atoms with E-state index in [1.807, 2.05) is 11.6 Å². The molecular formula is C8H12N4. The van der Waals surface area contributed by atoms with Crippen LogP contribution in [0.3, 0.4) is 0 Å². The Hall–Kier alpha value is -1.16. The summed E-state index contributed by atoms with van der Waals surface area (Å²) < 4.78 is 1.85. The fourth-order valence-electron chi connectivity index (χ4n) is 1.48. The first-order valence-electron chi connectivity index (χ1n) is 4.11. The second-order valence-corrected chi connectivity index (χ2v) is 3.15. The zero-order chi connectivity index (χ0) is 8.55. The molecule has 0 fully saturated rings. The van der Waals surface area contributed by atoms with Gasteiger partial charge in [0.1, 0.15) is 0 Å². The van der Waals surface area contributed by atoms with Crippen LogP contribution in [0.1, 0.15) is 18.5 Å². The number of hydrogen-bond donors (Lipinski definition) is 1. The molecule has 0 saturated heterocycles. The van der Waals surface area contributed by atoms with Crippen molar-refractivity contribution in [3.05, 3.63) is 18.0 Å². The van der Waals surface area contributed by atoms with E-state index in [0.29, 0.717) is 0 Å². The molecule has 1 aliphatic carbocycles. The molecule has 0 aliphatic heterocycles. The first-order chi connectivity index (χ1) is 5.77. The number of aryl methyl sites for hydroxylation is 1. The fraction of sp³-hybridized carbons (Fsp3) is 0.500. The Balaban J connectivity index is 2.32. The number of allylic oxidation sites excluding steroid dienone is 1. The van der Waals surface area contributed by atoms with Crippen LogP contribution in [-0.2, 0) is 0 Å². The third kappa shape index (κ3) is 1.14. The molecule has 1 atom stereocenters. The van der Waals surface area contributed by atoms with E-state index in [-0.39, 0.29) is 6.04 Å². The van der Waals surface area contributed by atoms with Crippen molar-refractivity contribution in [2.45, 2.75) is 25.8 Å². The standard InChI is InChI=1S/C8H12N4/c1-6-5-10-11-12(6)8-3-2-7(9)4-8/h4-5,7H,2-3,9H2,1H3. The Kier molecular flexibility index (Phi) is 1.69. The smallest absolute Gasteiger partial charge is 0.0726 e. The Labute approximate surface area is 71.1 Å². The quantitative estimate of drug-likeness (QED) is 0.659. The van der Waals surface area contributed by atoms with E-state index in [4.69, 9.17) is 5.73 Å². The van der Waals surface area contributed by atoms with Crippen molar-refractivity contribution in [2.75, 3.05) is 0 Å². The number of nitrogens with two attached hydrogens (primary N) is 1. The topological polar surface area (TPSA) is 56.7 Å². The molecule has 0 aromatic carbocycles. The Morgan fingerprint density at radius 1 is 1.67 bits per heavy atom. The molecule has 4 nitrogen and oxygen atoms in total. The Morgan fingerprint density at radius 2 is 2.50 bits per heavy atom. The van der Waals surface area contributed by atoms with Gasteiger partial charge in [-0.15, -0.1) is 5.10 Å².